The summed E-state index contributed by atoms with van der Waals surface area (Å²) in [6.07, 6.45) is 2.60. The summed E-state index contributed by atoms with van der Waals surface area (Å²) in [6.45, 7) is 1.66. The molecule has 0 amide bonds. The molecule has 1 unspecified atom stereocenters. The van der Waals surface area contributed by atoms with E-state index >= 15 is 0 Å². The van der Waals surface area contributed by atoms with Crippen molar-refractivity contribution in [3.8, 4) is 0 Å². The smallest absolute Gasteiger partial charge is 0.280 e. The second-order valence-corrected chi connectivity index (χ2v) is 5.99. The Morgan fingerprint density at radius 3 is 3.04 bits per heavy atom. The number of piperidine rings is 1. The average molecular weight is 321 g/mol. The molecule has 4 heterocycles. The normalized spacial score (nSPS) is 22.7. The summed E-state index contributed by atoms with van der Waals surface area (Å²) in [6, 6.07) is 0.757. The molecule has 0 aromatic carbocycles. The van der Waals surface area contributed by atoms with Gasteiger partial charge in [-0.2, -0.15) is 0 Å². The minimum atomic E-state index is -2.92. The molecule has 3 aromatic rings. The van der Waals surface area contributed by atoms with Crippen LogP contribution in [-0.2, 0) is 0 Å². The number of nitrogens with zero attached hydrogens (tertiary/aromatic N) is 3. The van der Waals surface area contributed by atoms with Crippen molar-refractivity contribution in [3.63, 3.8) is 0 Å². The van der Waals surface area contributed by atoms with E-state index in [2.05, 4.69) is 20.3 Å². The highest BCUT2D eigenvalue weighted by molar-refractivity contribution is 6.01. The summed E-state index contributed by atoms with van der Waals surface area (Å²) in [7, 11) is 0. The Labute approximate surface area is 130 Å². The summed E-state index contributed by atoms with van der Waals surface area (Å²) >= 11 is 0. The minimum absolute atomic E-state index is 0.252. The van der Waals surface area contributed by atoms with Gasteiger partial charge in [-0.15, -0.1) is 0 Å². The van der Waals surface area contributed by atoms with E-state index in [1.54, 1.807) is 25.4 Å². The number of nitrogens with one attached hydrogen (secondary N) is 2. The lowest BCUT2D eigenvalue weighted by Gasteiger charge is -2.34. The molecule has 2 atom stereocenters. The number of pyridine rings is 1. The summed E-state index contributed by atoms with van der Waals surface area (Å²) in [5.74, 6) is -2.66. The summed E-state index contributed by atoms with van der Waals surface area (Å²) in [5.41, 5.74) is 1.73. The predicted octanol–water partition coefficient (Wildman–Crippen LogP) is 2.14. The fourth-order valence-electron chi connectivity index (χ4n) is 3.36. The lowest BCUT2D eigenvalue weighted by molar-refractivity contribution is -0.0666. The Bertz CT molecular complexity index is 869. The number of alkyl halides is 2. The van der Waals surface area contributed by atoms with Gasteiger partial charge in [0.05, 0.1) is 18.3 Å². The molecule has 8 heteroatoms. The Balaban J connectivity index is 2.06. The maximum Gasteiger partial charge on any atom is 0.280 e. The Kier molecular flexibility index (Phi) is 3.14. The van der Waals surface area contributed by atoms with Gasteiger partial charge in [-0.1, -0.05) is 0 Å². The van der Waals surface area contributed by atoms with Crippen LogP contribution in [0.2, 0.25) is 0 Å². The number of imidazole rings is 1. The van der Waals surface area contributed by atoms with E-state index in [-0.39, 0.29) is 18.8 Å². The van der Waals surface area contributed by atoms with E-state index in [0.29, 0.717) is 23.2 Å². The van der Waals surface area contributed by atoms with E-state index in [1.165, 1.54) is 4.57 Å². The van der Waals surface area contributed by atoms with Gasteiger partial charge in [0.2, 0.25) is 0 Å². The fourth-order valence-corrected chi connectivity index (χ4v) is 3.36. The van der Waals surface area contributed by atoms with Crippen LogP contribution in [-0.4, -0.2) is 43.6 Å². The van der Waals surface area contributed by atoms with Crippen LogP contribution in [0.3, 0.4) is 0 Å². The first kappa shape index (κ1) is 14.5. The Morgan fingerprint density at radius 2 is 2.30 bits per heavy atom. The molecule has 0 spiro atoms. The van der Waals surface area contributed by atoms with E-state index in [0.717, 1.165) is 5.39 Å². The molecule has 0 aliphatic carbocycles. The van der Waals surface area contributed by atoms with Gasteiger partial charge >= 0.3 is 0 Å². The number of aliphatic hydroxyl groups excluding tert-OH is 1. The quantitative estimate of drug-likeness (QED) is 0.676. The monoisotopic (exact) mass is 321 g/mol. The van der Waals surface area contributed by atoms with Gasteiger partial charge in [0.25, 0.3) is 5.92 Å². The maximum atomic E-state index is 14.5. The van der Waals surface area contributed by atoms with Crippen molar-refractivity contribution in [2.75, 3.05) is 13.1 Å². The Hall–Kier alpha value is -2.06. The molecule has 0 bridgehead atoms. The van der Waals surface area contributed by atoms with Gasteiger partial charge in [-0.25, -0.2) is 18.7 Å². The highest BCUT2D eigenvalue weighted by Crippen LogP contribution is 2.39. The number of H-pyrrole nitrogens is 1. The number of rotatable bonds is 2. The third kappa shape index (κ3) is 2.13. The van der Waals surface area contributed by atoms with Crippen LogP contribution in [0.4, 0.5) is 8.78 Å². The molecule has 23 heavy (non-hydrogen) atoms. The number of hydrogen-bond acceptors (Lipinski definition) is 4. The second-order valence-electron chi connectivity index (χ2n) is 5.99. The van der Waals surface area contributed by atoms with Gasteiger partial charge in [-0.3, -0.25) is 0 Å². The number of aromatic amines is 1. The van der Waals surface area contributed by atoms with Crippen LogP contribution in [0.25, 0.3) is 22.1 Å². The highest BCUT2D eigenvalue weighted by Gasteiger charge is 2.44. The van der Waals surface area contributed by atoms with Crippen molar-refractivity contribution >= 4 is 22.1 Å². The lowest BCUT2D eigenvalue weighted by Crippen LogP contribution is -2.47. The van der Waals surface area contributed by atoms with Crippen molar-refractivity contribution in [2.45, 2.75) is 31.4 Å². The van der Waals surface area contributed by atoms with Crippen molar-refractivity contribution in [1.29, 1.82) is 0 Å². The second kappa shape index (κ2) is 4.97. The van der Waals surface area contributed by atoms with Gasteiger partial charge < -0.3 is 20.0 Å². The molecule has 4 rings (SSSR count). The first-order chi connectivity index (χ1) is 11.0. The molecule has 1 aliphatic heterocycles. The molecule has 1 aliphatic rings. The molecule has 3 aromatic heterocycles. The first-order valence-corrected chi connectivity index (χ1v) is 7.59. The molecule has 1 fully saturated rings. The minimum Gasteiger partial charge on any atom is -0.385 e. The summed E-state index contributed by atoms with van der Waals surface area (Å²) in [5, 5.41) is 13.5. The van der Waals surface area contributed by atoms with E-state index in [1.807, 2.05) is 0 Å². The average Bonchev–Trinajstić information content (AvgIpc) is 3.09. The largest absolute Gasteiger partial charge is 0.385 e. The molecule has 1 saturated heterocycles. The highest BCUT2D eigenvalue weighted by atomic mass is 19.3. The summed E-state index contributed by atoms with van der Waals surface area (Å²) < 4.78 is 30.5. The van der Waals surface area contributed by atoms with Gasteiger partial charge in [0, 0.05) is 11.6 Å². The van der Waals surface area contributed by atoms with E-state index in [9.17, 15) is 13.9 Å². The first-order valence-electron chi connectivity index (χ1n) is 7.59. The van der Waals surface area contributed by atoms with Gasteiger partial charge in [0.1, 0.15) is 29.1 Å². The summed E-state index contributed by atoms with van der Waals surface area (Å²) in [4.78, 5) is 11.6. The van der Waals surface area contributed by atoms with Crippen molar-refractivity contribution in [1.82, 2.24) is 24.8 Å². The number of hydrogen-bond donors (Lipinski definition) is 3. The van der Waals surface area contributed by atoms with Crippen molar-refractivity contribution < 1.29 is 13.9 Å². The van der Waals surface area contributed by atoms with Gasteiger partial charge in [-0.05, 0) is 26.0 Å². The van der Waals surface area contributed by atoms with Crippen molar-refractivity contribution in [2.24, 2.45) is 0 Å². The zero-order valence-corrected chi connectivity index (χ0v) is 12.6. The number of aromatic nitrogens is 4. The Morgan fingerprint density at radius 1 is 1.48 bits per heavy atom. The number of aliphatic hydroxyl groups is 1. The predicted molar refractivity (Wildman–Crippen MR) is 81.5 cm³/mol. The van der Waals surface area contributed by atoms with E-state index in [4.69, 9.17) is 0 Å². The molecule has 0 saturated carbocycles. The van der Waals surface area contributed by atoms with Crippen LogP contribution in [0.5, 0.6) is 0 Å². The molecular formula is C15H17F2N5O. The third-order valence-corrected chi connectivity index (χ3v) is 4.39. The number of fused-ring (bicyclic) bond motifs is 3. The molecule has 122 valence electrons. The molecule has 0 radical (unpaired) electrons. The molecule has 6 nitrogen and oxygen atoms in total. The van der Waals surface area contributed by atoms with Crippen LogP contribution < -0.4 is 5.32 Å². The van der Waals surface area contributed by atoms with Crippen LogP contribution >= 0.6 is 0 Å². The third-order valence-electron chi connectivity index (χ3n) is 4.39. The number of halogens is 2. The van der Waals surface area contributed by atoms with E-state index < -0.39 is 18.1 Å². The van der Waals surface area contributed by atoms with Crippen molar-refractivity contribution in [3.05, 3.63) is 24.3 Å². The standard InChI is InChI=1S/C15H17F2N5O/c1-8(23)14-21-10-6-20-13-9(2-5-19-13)12(10)22(14)11-3-4-18-7-15(11,16)17/h2,5-6,8,11,18,23H,3-4,7H2,1H3,(H,19,20)/t8-,11?/m1/s1. The van der Waals surface area contributed by atoms with Gasteiger partial charge in [0.15, 0.2) is 0 Å². The molecule has 3 N–H and O–H groups in total. The molecular weight excluding hydrogens is 304 g/mol. The zero-order chi connectivity index (χ0) is 16.2. The topological polar surface area (TPSA) is 78.8 Å². The maximum absolute atomic E-state index is 14.5. The van der Waals surface area contributed by atoms with Crippen LogP contribution in [0.1, 0.15) is 31.3 Å². The van der Waals surface area contributed by atoms with Crippen LogP contribution in [0.15, 0.2) is 18.5 Å². The SMILES string of the molecule is C[C@@H](O)c1nc2cnc3[nH]ccc3c2n1C1CCNCC1(F)F. The van der Waals surface area contributed by atoms with Crippen LogP contribution in [0, 0.1) is 0 Å². The fraction of sp³-hybridized carbons (Fsp3) is 0.467. The zero-order valence-electron chi connectivity index (χ0n) is 12.6. The lowest BCUT2D eigenvalue weighted by atomic mass is 10.0.